The Morgan fingerprint density at radius 3 is 2.67 bits per heavy atom. The summed E-state index contributed by atoms with van der Waals surface area (Å²) in [6.45, 7) is 4.51. The number of nitrogen functional groups attached to an aromatic ring is 1. The van der Waals surface area contributed by atoms with E-state index in [1.807, 2.05) is 12.3 Å². The molecule has 0 saturated carbocycles. The van der Waals surface area contributed by atoms with Gasteiger partial charge in [-0.15, -0.1) is 0 Å². The summed E-state index contributed by atoms with van der Waals surface area (Å²) < 4.78 is 0. The van der Waals surface area contributed by atoms with Crippen molar-refractivity contribution in [3.63, 3.8) is 0 Å². The zero-order chi connectivity index (χ0) is 11.1. The lowest BCUT2D eigenvalue weighted by atomic mass is 9.96. The van der Waals surface area contributed by atoms with Crippen molar-refractivity contribution in [2.45, 2.75) is 51.9 Å². The third kappa shape index (κ3) is 4.32. The monoisotopic (exact) mass is 206 g/mol. The van der Waals surface area contributed by atoms with Gasteiger partial charge in [0.05, 0.1) is 0 Å². The molecule has 1 atom stereocenters. The van der Waals surface area contributed by atoms with E-state index in [9.17, 15) is 0 Å². The number of unbranched alkanes of at least 4 members (excludes halogenated alkanes) is 3. The van der Waals surface area contributed by atoms with Crippen LogP contribution >= 0.6 is 0 Å². The van der Waals surface area contributed by atoms with Crippen LogP contribution in [0.2, 0.25) is 0 Å². The van der Waals surface area contributed by atoms with Crippen molar-refractivity contribution in [1.29, 1.82) is 0 Å². The first-order valence-corrected chi connectivity index (χ1v) is 5.95. The molecule has 1 rings (SSSR count). The van der Waals surface area contributed by atoms with Crippen molar-refractivity contribution >= 4 is 5.82 Å². The molecule has 0 radical (unpaired) electrons. The van der Waals surface area contributed by atoms with Gasteiger partial charge in [0.25, 0.3) is 0 Å². The smallest absolute Gasteiger partial charge is 0.123 e. The third-order valence-corrected chi connectivity index (χ3v) is 2.87. The lowest BCUT2D eigenvalue weighted by Gasteiger charge is -2.11. The predicted molar refractivity (Wildman–Crippen MR) is 65.8 cm³/mol. The van der Waals surface area contributed by atoms with Crippen LogP contribution in [0.3, 0.4) is 0 Å². The highest BCUT2D eigenvalue weighted by atomic mass is 14.8. The molecule has 1 aromatic heterocycles. The number of aromatic nitrogens is 1. The number of hydrogen-bond donors (Lipinski definition) is 1. The maximum atomic E-state index is 5.56. The van der Waals surface area contributed by atoms with Gasteiger partial charge in [-0.1, -0.05) is 45.6 Å². The highest BCUT2D eigenvalue weighted by Gasteiger charge is 2.04. The van der Waals surface area contributed by atoms with E-state index in [0.717, 1.165) is 0 Å². The van der Waals surface area contributed by atoms with Crippen LogP contribution in [0.1, 0.15) is 57.4 Å². The molecule has 0 spiro atoms. The quantitative estimate of drug-likeness (QED) is 0.720. The van der Waals surface area contributed by atoms with Gasteiger partial charge in [-0.3, -0.25) is 0 Å². The van der Waals surface area contributed by atoms with Gasteiger partial charge >= 0.3 is 0 Å². The highest BCUT2D eigenvalue weighted by molar-refractivity contribution is 5.30. The van der Waals surface area contributed by atoms with Crippen molar-refractivity contribution in [2.24, 2.45) is 0 Å². The van der Waals surface area contributed by atoms with Crippen LogP contribution in [0.4, 0.5) is 5.82 Å². The van der Waals surface area contributed by atoms with Crippen LogP contribution in [0, 0.1) is 0 Å². The molecule has 0 fully saturated rings. The summed E-state index contributed by atoms with van der Waals surface area (Å²) in [6.07, 6.45) is 8.48. The Morgan fingerprint density at radius 1 is 1.27 bits per heavy atom. The van der Waals surface area contributed by atoms with Crippen LogP contribution in [-0.4, -0.2) is 4.98 Å². The van der Waals surface area contributed by atoms with Crippen LogP contribution in [-0.2, 0) is 0 Å². The van der Waals surface area contributed by atoms with E-state index < -0.39 is 0 Å². The van der Waals surface area contributed by atoms with Gasteiger partial charge in [-0.25, -0.2) is 4.98 Å². The van der Waals surface area contributed by atoms with Crippen molar-refractivity contribution in [3.05, 3.63) is 23.9 Å². The van der Waals surface area contributed by atoms with Crippen LogP contribution in [0.15, 0.2) is 18.3 Å². The normalized spacial score (nSPS) is 12.7. The molecule has 1 unspecified atom stereocenters. The number of anilines is 1. The second kappa shape index (κ2) is 6.44. The van der Waals surface area contributed by atoms with Crippen molar-refractivity contribution in [1.82, 2.24) is 4.98 Å². The molecule has 0 aliphatic heterocycles. The largest absolute Gasteiger partial charge is 0.384 e. The first kappa shape index (κ1) is 12.0. The molecule has 0 saturated heterocycles. The Balaban J connectivity index is 2.33. The lowest BCUT2D eigenvalue weighted by molar-refractivity contribution is 0.579. The van der Waals surface area contributed by atoms with Gasteiger partial charge in [0, 0.05) is 6.20 Å². The number of nitrogens with zero attached hydrogens (tertiary/aromatic N) is 1. The Hall–Kier alpha value is -1.05. The Kier molecular flexibility index (Phi) is 5.16. The fraction of sp³-hybridized carbons (Fsp3) is 0.615. The minimum Gasteiger partial charge on any atom is -0.384 e. The number of rotatable bonds is 6. The van der Waals surface area contributed by atoms with E-state index in [0.29, 0.717) is 11.7 Å². The van der Waals surface area contributed by atoms with Gasteiger partial charge in [-0.05, 0) is 24.0 Å². The third-order valence-electron chi connectivity index (χ3n) is 2.87. The maximum Gasteiger partial charge on any atom is 0.123 e. The van der Waals surface area contributed by atoms with E-state index >= 15 is 0 Å². The van der Waals surface area contributed by atoms with E-state index in [1.54, 1.807) is 0 Å². The summed E-state index contributed by atoms with van der Waals surface area (Å²) in [5.74, 6) is 1.21. The molecule has 15 heavy (non-hydrogen) atoms. The maximum absolute atomic E-state index is 5.56. The average Bonchev–Trinajstić information content (AvgIpc) is 2.25. The summed E-state index contributed by atoms with van der Waals surface area (Å²) in [7, 11) is 0. The molecule has 2 nitrogen and oxygen atoms in total. The molecular formula is C13H22N2. The van der Waals surface area contributed by atoms with Gasteiger partial charge in [-0.2, -0.15) is 0 Å². The van der Waals surface area contributed by atoms with E-state index in [4.69, 9.17) is 5.73 Å². The molecular weight excluding hydrogens is 184 g/mol. The minimum absolute atomic E-state index is 0.606. The molecule has 0 aliphatic rings. The second-order valence-electron chi connectivity index (χ2n) is 4.27. The van der Waals surface area contributed by atoms with E-state index in [1.165, 1.54) is 37.7 Å². The molecule has 1 aromatic rings. The predicted octanol–water partition coefficient (Wildman–Crippen LogP) is 3.74. The van der Waals surface area contributed by atoms with E-state index in [-0.39, 0.29) is 0 Å². The van der Waals surface area contributed by atoms with Crippen LogP contribution in [0.25, 0.3) is 0 Å². The van der Waals surface area contributed by atoms with Crippen LogP contribution in [0.5, 0.6) is 0 Å². The Bertz CT molecular complexity index is 266. The fourth-order valence-electron chi connectivity index (χ4n) is 1.75. The molecule has 2 heteroatoms. The molecule has 0 aromatic carbocycles. The molecule has 0 aliphatic carbocycles. The first-order valence-electron chi connectivity index (χ1n) is 5.95. The average molecular weight is 206 g/mol. The van der Waals surface area contributed by atoms with E-state index in [2.05, 4.69) is 24.9 Å². The molecule has 2 N–H and O–H groups in total. The van der Waals surface area contributed by atoms with Gasteiger partial charge in [0.2, 0.25) is 0 Å². The van der Waals surface area contributed by atoms with Crippen molar-refractivity contribution in [2.75, 3.05) is 5.73 Å². The van der Waals surface area contributed by atoms with Crippen molar-refractivity contribution in [3.8, 4) is 0 Å². The number of hydrogen-bond acceptors (Lipinski definition) is 2. The topological polar surface area (TPSA) is 38.9 Å². The van der Waals surface area contributed by atoms with Crippen molar-refractivity contribution < 1.29 is 0 Å². The lowest BCUT2D eigenvalue weighted by Crippen LogP contribution is -1.96. The highest BCUT2D eigenvalue weighted by Crippen LogP contribution is 2.21. The summed E-state index contributed by atoms with van der Waals surface area (Å²) >= 11 is 0. The van der Waals surface area contributed by atoms with Gasteiger partial charge < -0.3 is 5.73 Å². The summed E-state index contributed by atoms with van der Waals surface area (Å²) in [5, 5.41) is 0. The summed E-state index contributed by atoms with van der Waals surface area (Å²) in [5.41, 5.74) is 6.86. The summed E-state index contributed by atoms with van der Waals surface area (Å²) in [4.78, 5) is 4.12. The zero-order valence-electron chi connectivity index (χ0n) is 9.87. The number of pyridine rings is 1. The SMILES string of the molecule is CCCCCCC(C)c1ccc(N)nc1. The summed E-state index contributed by atoms with van der Waals surface area (Å²) in [6, 6.07) is 3.98. The molecule has 0 amide bonds. The Morgan fingerprint density at radius 2 is 2.07 bits per heavy atom. The van der Waals surface area contributed by atoms with Gasteiger partial charge in [0.15, 0.2) is 0 Å². The molecule has 1 heterocycles. The molecule has 84 valence electrons. The molecule has 0 bridgehead atoms. The zero-order valence-corrected chi connectivity index (χ0v) is 9.87. The van der Waals surface area contributed by atoms with Gasteiger partial charge in [0.1, 0.15) is 5.82 Å². The minimum atomic E-state index is 0.606. The Labute approximate surface area is 92.9 Å². The second-order valence-corrected chi connectivity index (χ2v) is 4.27. The number of nitrogens with two attached hydrogens (primary N) is 1. The van der Waals surface area contributed by atoms with Crippen LogP contribution < -0.4 is 5.73 Å². The standard InChI is InChI=1S/C13H22N2/c1-3-4-5-6-7-11(2)12-8-9-13(14)15-10-12/h8-11H,3-7H2,1-2H3,(H2,14,15). The fourth-order valence-corrected chi connectivity index (χ4v) is 1.75. The first-order chi connectivity index (χ1) is 7.24.